The fourth-order valence-corrected chi connectivity index (χ4v) is 4.89. The van der Waals surface area contributed by atoms with E-state index < -0.39 is 0 Å². The van der Waals surface area contributed by atoms with Gasteiger partial charge in [-0.05, 0) is 61.7 Å². The Morgan fingerprint density at radius 3 is 2.38 bits per heavy atom. The van der Waals surface area contributed by atoms with Crippen molar-refractivity contribution in [1.29, 1.82) is 0 Å². The first-order valence-corrected chi connectivity index (χ1v) is 12.0. The van der Waals surface area contributed by atoms with Gasteiger partial charge in [0, 0.05) is 59.1 Å². The van der Waals surface area contributed by atoms with Gasteiger partial charge in [0.25, 0.3) is 5.91 Å². The highest BCUT2D eigenvalue weighted by atomic mass is 16.2. The lowest BCUT2D eigenvalue weighted by molar-refractivity contribution is -0.126. The molecule has 2 amide bonds. The average Bonchev–Trinajstić information content (AvgIpc) is 3.21. The van der Waals surface area contributed by atoms with E-state index in [0.29, 0.717) is 18.7 Å². The van der Waals surface area contributed by atoms with Crippen molar-refractivity contribution >= 4 is 39.7 Å². The van der Waals surface area contributed by atoms with E-state index in [2.05, 4.69) is 59.3 Å². The number of aromatic nitrogens is 1. The molecule has 34 heavy (non-hydrogen) atoms. The topological polar surface area (TPSA) is 54.3 Å². The van der Waals surface area contributed by atoms with Gasteiger partial charge >= 0.3 is 0 Å². The van der Waals surface area contributed by atoms with Crippen LogP contribution in [0.15, 0.2) is 78.9 Å². The lowest BCUT2D eigenvalue weighted by atomic mass is 10.0. The highest BCUT2D eigenvalue weighted by molar-refractivity contribution is 6.08. The van der Waals surface area contributed by atoms with Crippen LogP contribution in [-0.2, 0) is 11.3 Å². The summed E-state index contributed by atoms with van der Waals surface area (Å²) in [5.41, 5.74) is 4.14. The van der Waals surface area contributed by atoms with Gasteiger partial charge in [-0.3, -0.25) is 9.59 Å². The molecule has 0 saturated carbocycles. The maximum atomic E-state index is 12.8. The SMILES string of the molecule is CCn1c2ccccc2c2cc(/C=C/C(=O)N3CCC(NC(=O)c4ccccc4)CC3)ccc21. The summed E-state index contributed by atoms with van der Waals surface area (Å²) in [6.45, 7) is 4.37. The van der Waals surface area contributed by atoms with Gasteiger partial charge in [-0.1, -0.05) is 42.5 Å². The minimum atomic E-state index is -0.0508. The highest BCUT2D eigenvalue weighted by Gasteiger charge is 2.23. The number of fused-ring (bicyclic) bond motifs is 3. The van der Waals surface area contributed by atoms with Crippen LogP contribution in [0.25, 0.3) is 27.9 Å². The fraction of sp³-hybridized carbons (Fsp3) is 0.241. The third-order valence-corrected chi connectivity index (χ3v) is 6.71. The number of nitrogens with one attached hydrogen (secondary N) is 1. The molecule has 1 aliphatic heterocycles. The number of rotatable bonds is 5. The van der Waals surface area contributed by atoms with Gasteiger partial charge in [-0.15, -0.1) is 0 Å². The lowest BCUT2D eigenvalue weighted by Crippen LogP contribution is -2.46. The predicted octanol–water partition coefficient (Wildman–Crippen LogP) is 5.25. The molecular weight excluding hydrogens is 422 g/mol. The number of nitrogens with zero attached hydrogens (tertiary/aromatic N) is 2. The molecule has 0 atom stereocenters. The zero-order chi connectivity index (χ0) is 23.5. The number of likely N-dealkylation sites (tertiary alicyclic amines) is 1. The average molecular weight is 452 g/mol. The molecule has 5 rings (SSSR count). The maximum Gasteiger partial charge on any atom is 0.251 e. The Morgan fingerprint density at radius 1 is 0.912 bits per heavy atom. The van der Waals surface area contributed by atoms with E-state index in [0.717, 1.165) is 24.9 Å². The molecule has 0 unspecified atom stereocenters. The standard InChI is InChI=1S/C29H29N3O2/c1-2-32-26-11-7-6-10-24(26)25-20-21(12-14-27(25)32)13-15-28(33)31-18-16-23(17-19-31)30-29(34)22-8-4-3-5-9-22/h3-15,20,23H,2,16-19H2,1H3,(H,30,34)/b15-13+. The molecule has 5 heteroatoms. The number of carbonyl (C=O) groups excluding carboxylic acids is 2. The van der Waals surface area contributed by atoms with Crippen LogP contribution in [0.2, 0.25) is 0 Å². The van der Waals surface area contributed by atoms with Crippen LogP contribution in [0, 0.1) is 0 Å². The number of benzene rings is 3. The molecule has 0 bridgehead atoms. The van der Waals surface area contributed by atoms with Gasteiger partial charge < -0.3 is 14.8 Å². The molecule has 1 N–H and O–H groups in total. The summed E-state index contributed by atoms with van der Waals surface area (Å²) in [6, 6.07) is 24.2. The number of hydrogen-bond donors (Lipinski definition) is 1. The van der Waals surface area contributed by atoms with Crippen molar-refractivity contribution in [2.45, 2.75) is 32.4 Å². The van der Waals surface area contributed by atoms with Gasteiger partial charge in [0.1, 0.15) is 0 Å². The zero-order valence-electron chi connectivity index (χ0n) is 19.4. The molecule has 4 aromatic rings. The molecule has 172 valence electrons. The van der Waals surface area contributed by atoms with Crippen molar-refractivity contribution < 1.29 is 9.59 Å². The molecular formula is C29H29N3O2. The third kappa shape index (κ3) is 4.34. The molecule has 3 aromatic carbocycles. The summed E-state index contributed by atoms with van der Waals surface area (Å²) < 4.78 is 2.32. The van der Waals surface area contributed by atoms with Crippen LogP contribution in [0.1, 0.15) is 35.7 Å². The normalized spacial score (nSPS) is 14.8. The molecule has 1 saturated heterocycles. The van der Waals surface area contributed by atoms with Crippen LogP contribution < -0.4 is 5.32 Å². The highest BCUT2D eigenvalue weighted by Crippen LogP contribution is 2.30. The second-order valence-corrected chi connectivity index (χ2v) is 8.81. The van der Waals surface area contributed by atoms with Crippen molar-refractivity contribution in [3.05, 3.63) is 90.0 Å². The molecule has 1 aliphatic rings. The summed E-state index contributed by atoms with van der Waals surface area (Å²) in [5, 5.41) is 5.54. The summed E-state index contributed by atoms with van der Waals surface area (Å²) in [5.74, 6) is -0.0333. The predicted molar refractivity (Wildman–Crippen MR) is 138 cm³/mol. The van der Waals surface area contributed by atoms with Gasteiger partial charge in [0.05, 0.1) is 0 Å². The Labute approximate surface area is 199 Å². The van der Waals surface area contributed by atoms with Gasteiger partial charge in [-0.2, -0.15) is 0 Å². The molecule has 0 aliphatic carbocycles. The Morgan fingerprint density at radius 2 is 1.62 bits per heavy atom. The van der Waals surface area contributed by atoms with Crippen molar-refractivity contribution in [2.75, 3.05) is 13.1 Å². The van der Waals surface area contributed by atoms with E-state index >= 15 is 0 Å². The van der Waals surface area contributed by atoms with E-state index in [4.69, 9.17) is 0 Å². The Hall–Kier alpha value is -3.86. The first-order valence-electron chi connectivity index (χ1n) is 12.0. The second kappa shape index (κ2) is 9.56. The monoisotopic (exact) mass is 451 g/mol. The van der Waals surface area contributed by atoms with E-state index in [1.165, 1.54) is 21.8 Å². The molecule has 5 nitrogen and oxygen atoms in total. The minimum Gasteiger partial charge on any atom is -0.349 e. The Bertz CT molecular complexity index is 1360. The van der Waals surface area contributed by atoms with Crippen LogP contribution in [-0.4, -0.2) is 40.4 Å². The van der Waals surface area contributed by atoms with Crippen molar-refractivity contribution in [1.82, 2.24) is 14.8 Å². The van der Waals surface area contributed by atoms with Crippen LogP contribution in [0.3, 0.4) is 0 Å². The molecule has 1 fully saturated rings. The van der Waals surface area contributed by atoms with Crippen LogP contribution in [0.4, 0.5) is 0 Å². The minimum absolute atomic E-state index is 0.0175. The summed E-state index contributed by atoms with van der Waals surface area (Å²) in [7, 11) is 0. The van der Waals surface area contributed by atoms with Crippen molar-refractivity contribution in [3.8, 4) is 0 Å². The molecule has 0 spiro atoms. The first-order chi connectivity index (χ1) is 16.6. The largest absolute Gasteiger partial charge is 0.349 e. The lowest BCUT2D eigenvalue weighted by Gasteiger charge is -2.31. The molecule has 0 radical (unpaired) electrons. The second-order valence-electron chi connectivity index (χ2n) is 8.81. The zero-order valence-corrected chi connectivity index (χ0v) is 19.4. The van der Waals surface area contributed by atoms with E-state index in [9.17, 15) is 9.59 Å². The number of hydrogen-bond acceptors (Lipinski definition) is 2. The molecule has 2 heterocycles. The maximum absolute atomic E-state index is 12.8. The van der Waals surface area contributed by atoms with Gasteiger partial charge in [0.2, 0.25) is 5.91 Å². The van der Waals surface area contributed by atoms with Gasteiger partial charge in [0.15, 0.2) is 0 Å². The number of aryl methyl sites for hydroxylation is 1. The van der Waals surface area contributed by atoms with E-state index in [1.54, 1.807) is 6.08 Å². The van der Waals surface area contributed by atoms with E-state index in [1.807, 2.05) is 41.3 Å². The van der Waals surface area contributed by atoms with Gasteiger partial charge in [-0.25, -0.2) is 0 Å². The van der Waals surface area contributed by atoms with Crippen molar-refractivity contribution in [3.63, 3.8) is 0 Å². The number of carbonyl (C=O) groups is 2. The number of amides is 2. The third-order valence-electron chi connectivity index (χ3n) is 6.71. The molecule has 1 aromatic heterocycles. The number of piperidine rings is 1. The smallest absolute Gasteiger partial charge is 0.251 e. The quantitative estimate of drug-likeness (QED) is 0.422. The summed E-state index contributed by atoms with van der Waals surface area (Å²) >= 11 is 0. The van der Waals surface area contributed by atoms with Crippen LogP contribution in [0.5, 0.6) is 0 Å². The number of para-hydroxylation sites is 1. The Balaban J connectivity index is 1.23. The van der Waals surface area contributed by atoms with E-state index in [-0.39, 0.29) is 17.9 Å². The Kier molecular flexibility index (Phi) is 6.17. The van der Waals surface area contributed by atoms with Crippen molar-refractivity contribution in [2.24, 2.45) is 0 Å². The summed E-state index contributed by atoms with van der Waals surface area (Å²) in [6.07, 6.45) is 5.10. The summed E-state index contributed by atoms with van der Waals surface area (Å²) in [4.78, 5) is 27.0. The van der Waals surface area contributed by atoms with Crippen LogP contribution >= 0.6 is 0 Å². The first kappa shape index (κ1) is 22.0. The fourth-order valence-electron chi connectivity index (χ4n) is 4.89.